The highest BCUT2D eigenvalue weighted by molar-refractivity contribution is 5.89. The fourth-order valence-corrected chi connectivity index (χ4v) is 1.51. The second kappa shape index (κ2) is 5.16. The summed E-state index contributed by atoms with van der Waals surface area (Å²) in [5.74, 6) is -1.45. The number of carboxylic acids is 1. The summed E-state index contributed by atoms with van der Waals surface area (Å²) in [6.45, 7) is 1.83. The lowest BCUT2D eigenvalue weighted by Gasteiger charge is -2.11. The normalized spacial score (nSPS) is 11.8. The molecule has 0 saturated heterocycles. The van der Waals surface area contributed by atoms with Crippen LogP contribution in [0, 0.1) is 5.41 Å². The van der Waals surface area contributed by atoms with E-state index in [0.29, 0.717) is 12.1 Å². The van der Waals surface area contributed by atoms with Crippen molar-refractivity contribution in [1.29, 1.82) is 5.41 Å². The van der Waals surface area contributed by atoms with Crippen LogP contribution in [0.3, 0.4) is 0 Å². The van der Waals surface area contributed by atoms with Crippen molar-refractivity contribution in [1.82, 2.24) is 0 Å². The molecule has 0 amide bonds. The molecule has 1 rings (SSSR count). The molecular weight excluding hydrogens is 206 g/mol. The molecule has 1 unspecified atom stereocenters. The summed E-state index contributed by atoms with van der Waals surface area (Å²) in [5.41, 5.74) is 6.61. The van der Waals surface area contributed by atoms with E-state index in [4.69, 9.17) is 16.2 Å². The third-order valence-electron chi connectivity index (χ3n) is 2.30. The van der Waals surface area contributed by atoms with E-state index in [-0.39, 0.29) is 5.96 Å². The minimum atomic E-state index is -0.824. The van der Waals surface area contributed by atoms with Gasteiger partial charge in [-0.15, -0.1) is 0 Å². The van der Waals surface area contributed by atoms with Crippen LogP contribution in [-0.4, -0.2) is 17.0 Å². The quantitative estimate of drug-likeness (QED) is 0.458. The van der Waals surface area contributed by atoms with E-state index in [0.717, 1.165) is 5.56 Å². The summed E-state index contributed by atoms with van der Waals surface area (Å²) >= 11 is 0. The van der Waals surface area contributed by atoms with Crippen LogP contribution in [0.1, 0.15) is 24.8 Å². The van der Waals surface area contributed by atoms with Gasteiger partial charge in [-0.3, -0.25) is 10.2 Å². The number of nitrogens with two attached hydrogens (primary N) is 1. The van der Waals surface area contributed by atoms with Gasteiger partial charge in [0.2, 0.25) is 0 Å². The number of rotatable bonds is 4. The molecule has 0 aliphatic heterocycles. The van der Waals surface area contributed by atoms with Gasteiger partial charge in [0.05, 0.1) is 5.92 Å². The predicted octanol–water partition coefficient (Wildman–Crippen LogP) is 1.57. The number of carbonyl (C=O) groups is 1. The lowest BCUT2D eigenvalue weighted by molar-refractivity contribution is -0.138. The molecule has 0 bridgehead atoms. The molecule has 0 aromatic heterocycles. The molecule has 86 valence electrons. The minimum Gasteiger partial charge on any atom is -0.481 e. The van der Waals surface area contributed by atoms with Gasteiger partial charge in [-0.1, -0.05) is 19.1 Å². The van der Waals surface area contributed by atoms with E-state index in [1.807, 2.05) is 6.92 Å². The maximum atomic E-state index is 10.9. The highest BCUT2D eigenvalue weighted by Gasteiger charge is 2.16. The monoisotopic (exact) mass is 221 g/mol. The zero-order valence-corrected chi connectivity index (χ0v) is 9.03. The Morgan fingerprint density at radius 3 is 2.44 bits per heavy atom. The fourth-order valence-electron chi connectivity index (χ4n) is 1.51. The molecule has 0 fully saturated rings. The lowest BCUT2D eigenvalue weighted by atomic mass is 9.96. The molecule has 0 aliphatic carbocycles. The van der Waals surface area contributed by atoms with Gasteiger partial charge in [-0.2, -0.15) is 0 Å². The van der Waals surface area contributed by atoms with Gasteiger partial charge in [-0.25, -0.2) is 0 Å². The van der Waals surface area contributed by atoms with Crippen molar-refractivity contribution in [3.05, 3.63) is 29.8 Å². The van der Waals surface area contributed by atoms with E-state index in [9.17, 15) is 4.79 Å². The summed E-state index contributed by atoms with van der Waals surface area (Å²) in [5, 5.41) is 18.7. The van der Waals surface area contributed by atoms with E-state index in [1.165, 1.54) is 0 Å². The average Bonchev–Trinajstić information content (AvgIpc) is 2.20. The van der Waals surface area contributed by atoms with Crippen LogP contribution in [0.25, 0.3) is 0 Å². The number of aliphatic carboxylic acids is 1. The SMILES string of the molecule is CCC(C(=O)O)c1ccc(NC(=N)N)cc1. The Morgan fingerprint density at radius 1 is 1.50 bits per heavy atom. The zero-order valence-electron chi connectivity index (χ0n) is 9.03. The molecule has 16 heavy (non-hydrogen) atoms. The van der Waals surface area contributed by atoms with Crippen molar-refractivity contribution in [2.45, 2.75) is 19.3 Å². The molecule has 5 N–H and O–H groups in total. The highest BCUT2D eigenvalue weighted by atomic mass is 16.4. The van der Waals surface area contributed by atoms with Crippen molar-refractivity contribution in [2.75, 3.05) is 5.32 Å². The van der Waals surface area contributed by atoms with Gasteiger partial charge in [-0.05, 0) is 24.1 Å². The first-order valence-electron chi connectivity index (χ1n) is 4.98. The van der Waals surface area contributed by atoms with Crippen LogP contribution in [-0.2, 0) is 4.79 Å². The predicted molar refractivity (Wildman–Crippen MR) is 62.6 cm³/mol. The molecule has 5 nitrogen and oxygen atoms in total. The number of benzene rings is 1. The van der Waals surface area contributed by atoms with Gasteiger partial charge in [0.1, 0.15) is 0 Å². The van der Waals surface area contributed by atoms with Crippen LogP contribution in [0.4, 0.5) is 5.69 Å². The highest BCUT2D eigenvalue weighted by Crippen LogP contribution is 2.21. The van der Waals surface area contributed by atoms with Crippen LogP contribution in [0.5, 0.6) is 0 Å². The molecule has 1 atom stereocenters. The van der Waals surface area contributed by atoms with Gasteiger partial charge in [0, 0.05) is 5.69 Å². The van der Waals surface area contributed by atoms with Gasteiger partial charge >= 0.3 is 5.97 Å². The molecule has 0 spiro atoms. The van der Waals surface area contributed by atoms with E-state index in [2.05, 4.69) is 5.32 Å². The summed E-state index contributed by atoms with van der Waals surface area (Å²) in [6, 6.07) is 6.88. The first-order valence-corrected chi connectivity index (χ1v) is 4.98. The Bertz CT molecular complexity index is 387. The van der Waals surface area contributed by atoms with Gasteiger partial charge in [0.25, 0.3) is 0 Å². The van der Waals surface area contributed by atoms with Crippen molar-refractivity contribution >= 4 is 17.6 Å². The first kappa shape index (κ1) is 12.0. The smallest absolute Gasteiger partial charge is 0.310 e. The Hall–Kier alpha value is -2.04. The molecule has 0 heterocycles. The van der Waals surface area contributed by atoms with Crippen molar-refractivity contribution in [3.8, 4) is 0 Å². The maximum Gasteiger partial charge on any atom is 0.310 e. The third kappa shape index (κ3) is 2.98. The Labute approximate surface area is 93.8 Å². The van der Waals surface area contributed by atoms with Crippen LogP contribution in [0.2, 0.25) is 0 Å². The maximum absolute atomic E-state index is 10.9. The largest absolute Gasteiger partial charge is 0.481 e. The summed E-state index contributed by atoms with van der Waals surface area (Å²) in [7, 11) is 0. The number of carboxylic acid groups (broad SMARTS) is 1. The average molecular weight is 221 g/mol. The number of hydrogen-bond acceptors (Lipinski definition) is 2. The Balaban J connectivity index is 2.85. The van der Waals surface area contributed by atoms with Gasteiger partial charge < -0.3 is 16.2 Å². The molecule has 0 aliphatic rings. The summed E-state index contributed by atoms with van der Waals surface area (Å²) in [6.07, 6.45) is 0.550. The second-order valence-corrected chi connectivity index (χ2v) is 3.46. The van der Waals surface area contributed by atoms with Crippen molar-refractivity contribution in [3.63, 3.8) is 0 Å². The standard InChI is InChI=1S/C11H15N3O2/c1-2-9(10(15)16)7-3-5-8(6-4-7)14-11(12)13/h3-6,9H,2H2,1H3,(H,15,16)(H4,12,13,14). The van der Waals surface area contributed by atoms with Crippen molar-refractivity contribution in [2.24, 2.45) is 5.73 Å². The molecular formula is C11H15N3O2. The molecule has 0 saturated carbocycles. The van der Waals surface area contributed by atoms with E-state index in [1.54, 1.807) is 24.3 Å². The molecule has 1 aromatic carbocycles. The van der Waals surface area contributed by atoms with Crippen LogP contribution in [0.15, 0.2) is 24.3 Å². The summed E-state index contributed by atoms with van der Waals surface area (Å²) < 4.78 is 0. The zero-order chi connectivity index (χ0) is 12.1. The Kier molecular flexibility index (Phi) is 3.88. The first-order chi connectivity index (χ1) is 7.54. The van der Waals surface area contributed by atoms with Crippen LogP contribution < -0.4 is 11.1 Å². The molecule has 0 radical (unpaired) electrons. The van der Waals surface area contributed by atoms with Crippen molar-refractivity contribution < 1.29 is 9.90 Å². The number of anilines is 1. The third-order valence-corrected chi connectivity index (χ3v) is 2.30. The lowest BCUT2D eigenvalue weighted by Crippen LogP contribution is -2.20. The topological polar surface area (TPSA) is 99.2 Å². The number of guanidine groups is 1. The summed E-state index contributed by atoms with van der Waals surface area (Å²) in [4.78, 5) is 10.9. The minimum absolute atomic E-state index is 0.141. The molecule has 1 aromatic rings. The van der Waals surface area contributed by atoms with Gasteiger partial charge in [0.15, 0.2) is 5.96 Å². The fraction of sp³-hybridized carbons (Fsp3) is 0.273. The molecule has 5 heteroatoms. The number of nitrogens with one attached hydrogen (secondary N) is 2. The number of hydrogen-bond donors (Lipinski definition) is 4. The van der Waals surface area contributed by atoms with Crippen LogP contribution >= 0.6 is 0 Å². The second-order valence-electron chi connectivity index (χ2n) is 3.46. The Morgan fingerprint density at radius 2 is 2.06 bits per heavy atom. The van der Waals surface area contributed by atoms with E-state index >= 15 is 0 Å². The van der Waals surface area contributed by atoms with E-state index < -0.39 is 11.9 Å².